The van der Waals surface area contributed by atoms with E-state index in [0.29, 0.717) is 9.99 Å². The van der Waals surface area contributed by atoms with Crippen molar-refractivity contribution in [1.29, 1.82) is 0 Å². The number of rotatable bonds is 5. The normalized spacial score (nSPS) is 11.0. The highest BCUT2D eigenvalue weighted by Crippen LogP contribution is 2.21. The summed E-state index contributed by atoms with van der Waals surface area (Å²) in [6.07, 6.45) is 0.851. The van der Waals surface area contributed by atoms with E-state index in [-0.39, 0.29) is 5.69 Å². The van der Waals surface area contributed by atoms with Crippen molar-refractivity contribution in [3.8, 4) is 0 Å². The van der Waals surface area contributed by atoms with E-state index in [4.69, 9.17) is 5.73 Å². The summed E-state index contributed by atoms with van der Waals surface area (Å²) in [5.74, 6) is 0. The van der Waals surface area contributed by atoms with Gasteiger partial charge in [0.2, 0.25) is 0 Å². The SMILES string of the molecule is CCc1ccc(NS(=O)(=O)N(C(N)=O)c2ccc(C)cc2)cc1. The van der Waals surface area contributed by atoms with E-state index >= 15 is 0 Å². The zero-order valence-corrected chi connectivity index (χ0v) is 13.8. The first-order valence-electron chi connectivity index (χ1n) is 7.11. The van der Waals surface area contributed by atoms with Crippen LogP contribution in [0.1, 0.15) is 18.1 Å². The molecule has 0 saturated carbocycles. The molecule has 0 heterocycles. The monoisotopic (exact) mass is 333 g/mol. The van der Waals surface area contributed by atoms with Crippen molar-refractivity contribution in [3.63, 3.8) is 0 Å². The number of hydrogen-bond acceptors (Lipinski definition) is 3. The van der Waals surface area contributed by atoms with Crippen LogP contribution in [0.4, 0.5) is 16.2 Å². The summed E-state index contributed by atoms with van der Waals surface area (Å²) in [5.41, 5.74) is 7.83. The smallest absolute Gasteiger partial charge is 0.334 e. The molecule has 7 heteroatoms. The third-order valence-corrected chi connectivity index (χ3v) is 4.68. The highest BCUT2D eigenvalue weighted by molar-refractivity contribution is 7.94. The van der Waals surface area contributed by atoms with Crippen LogP contribution in [0.3, 0.4) is 0 Å². The van der Waals surface area contributed by atoms with E-state index in [1.165, 1.54) is 12.1 Å². The van der Waals surface area contributed by atoms with Gasteiger partial charge in [0.25, 0.3) is 0 Å². The van der Waals surface area contributed by atoms with Gasteiger partial charge >= 0.3 is 16.2 Å². The van der Waals surface area contributed by atoms with Gasteiger partial charge in [-0.3, -0.25) is 4.72 Å². The Morgan fingerprint density at radius 1 is 1.09 bits per heavy atom. The quantitative estimate of drug-likeness (QED) is 0.881. The van der Waals surface area contributed by atoms with Gasteiger partial charge in [-0.15, -0.1) is 0 Å². The molecule has 2 aromatic carbocycles. The average molecular weight is 333 g/mol. The Morgan fingerprint density at radius 3 is 2.13 bits per heavy atom. The van der Waals surface area contributed by atoms with E-state index in [9.17, 15) is 13.2 Å². The topological polar surface area (TPSA) is 92.5 Å². The number of urea groups is 1. The number of nitrogens with two attached hydrogens (primary N) is 1. The molecule has 0 saturated heterocycles. The Labute approximate surface area is 136 Å². The fourth-order valence-electron chi connectivity index (χ4n) is 2.07. The predicted octanol–water partition coefficient (Wildman–Crippen LogP) is 2.80. The van der Waals surface area contributed by atoms with Crippen LogP contribution >= 0.6 is 0 Å². The summed E-state index contributed by atoms with van der Waals surface area (Å²) in [6.45, 7) is 3.87. The van der Waals surface area contributed by atoms with Gasteiger partial charge in [0.1, 0.15) is 0 Å². The number of nitrogens with zero attached hydrogens (tertiary/aromatic N) is 1. The molecule has 0 spiro atoms. The van der Waals surface area contributed by atoms with Crippen LogP contribution in [0.2, 0.25) is 0 Å². The van der Waals surface area contributed by atoms with Gasteiger partial charge in [-0.1, -0.05) is 36.8 Å². The number of amides is 2. The van der Waals surface area contributed by atoms with Crippen molar-refractivity contribution in [3.05, 3.63) is 59.7 Å². The number of nitrogens with one attached hydrogen (secondary N) is 1. The van der Waals surface area contributed by atoms with Gasteiger partial charge < -0.3 is 5.73 Å². The molecule has 0 aliphatic rings. The number of primary amides is 1. The van der Waals surface area contributed by atoms with Gasteiger partial charge in [-0.05, 0) is 43.2 Å². The highest BCUT2D eigenvalue weighted by Gasteiger charge is 2.27. The molecular formula is C16H19N3O3S. The van der Waals surface area contributed by atoms with Crippen molar-refractivity contribution in [1.82, 2.24) is 0 Å². The van der Waals surface area contributed by atoms with Crippen LogP contribution in [-0.4, -0.2) is 14.4 Å². The molecule has 122 valence electrons. The Balaban J connectivity index is 2.32. The fraction of sp³-hybridized carbons (Fsp3) is 0.188. The maximum atomic E-state index is 12.5. The number of carbonyl (C=O) groups excluding carboxylic acids is 1. The first-order chi connectivity index (χ1) is 10.8. The molecule has 0 radical (unpaired) electrons. The minimum atomic E-state index is -4.15. The van der Waals surface area contributed by atoms with Crippen molar-refractivity contribution in [2.24, 2.45) is 5.73 Å². The van der Waals surface area contributed by atoms with Gasteiger partial charge in [0.15, 0.2) is 0 Å². The molecule has 23 heavy (non-hydrogen) atoms. The molecule has 0 unspecified atom stereocenters. The van der Waals surface area contributed by atoms with Crippen LogP contribution in [0.5, 0.6) is 0 Å². The third-order valence-electron chi connectivity index (χ3n) is 3.32. The van der Waals surface area contributed by atoms with Gasteiger partial charge in [0, 0.05) is 0 Å². The first kappa shape index (κ1) is 16.8. The number of carbonyl (C=O) groups is 1. The number of anilines is 2. The maximum Gasteiger partial charge on any atom is 0.334 e. The molecule has 2 aromatic rings. The molecule has 0 aliphatic carbocycles. The third kappa shape index (κ3) is 4.01. The Morgan fingerprint density at radius 2 is 1.65 bits per heavy atom. The largest absolute Gasteiger partial charge is 0.350 e. The molecule has 3 N–H and O–H groups in total. The second-order valence-corrected chi connectivity index (χ2v) is 6.62. The lowest BCUT2D eigenvalue weighted by Crippen LogP contribution is -2.44. The van der Waals surface area contributed by atoms with Crippen molar-refractivity contribution in [2.75, 3.05) is 9.03 Å². The lowest BCUT2D eigenvalue weighted by molar-refractivity contribution is 0.257. The summed E-state index contributed by atoms with van der Waals surface area (Å²) in [4.78, 5) is 11.7. The van der Waals surface area contributed by atoms with E-state index in [0.717, 1.165) is 17.5 Å². The summed E-state index contributed by atoms with van der Waals surface area (Å²) in [6, 6.07) is 12.3. The molecule has 0 fully saturated rings. The van der Waals surface area contributed by atoms with Gasteiger partial charge in [0.05, 0.1) is 11.4 Å². The van der Waals surface area contributed by atoms with E-state index < -0.39 is 16.2 Å². The van der Waals surface area contributed by atoms with Gasteiger partial charge in [-0.2, -0.15) is 12.7 Å². The van der Waals surface area contributed by atoms with Crippen molar-refractivity contribution < 1.29 is 13.2 Å². The molecule has 2 amide bonds. The van der Waals surface area contributed by atoms with E-state index in [1.54, 1.807) is 24.3 Å². The minimum Gasteiger partial charge on any atom is -0.350 e. The summed E-state index contributed by atoms with van der Waals surface area (Å²) in [7, 11) is -4.15. The minimum absolute atomic E-state index is 0.181. The number of aryl methyl sites for hydroxylation is 2. The average Bonchev–Trinajstić information content (AvgIpc) is 2.49. The predicted molar refractivity (Wildman–Crippen MR) is 91.6 cm³/mol. The molecular weight excluding hydrogens is 314 g/mol. The second kappa shape index (κ2) is 6.70. The summed E-state index contributed by atoms with van der Waals surface area (Å²) < 4.78 is 27.9. The van der Waals surface area contributed by atoms with Crippen LogP contribution < -0.4 is 14.8 Å². The van der Waals surface area contributed by atoms with Crippen LogP contribution in [0.15, 0.2) is 48.5 Å². The fourth-order valence-corrected chi connectivity index (χ4v) is 3.23. The zero-order valence-electron chi connectivity index (χ0n) is 13.0. The van der Waals surface area contributed by atoms with Crippen LogP contribution in [0.25, 0.3) is 0 Å². The number of benzene rings is 2. The summed E-state index contributed by atoms with van der Waals surface area (Å²) >= 11 is 0. The van der Waals surface area contributed by atoms with E-state index in [1.807, 2.05) is 26.0 Å². The molecule has 6 nitrogen and oxygen atoms in total. The van der Waals surface area contributed by atoms with Crippen molar-refractivity contribution in [2.45, 2.75) is 20.3 Å². The van der Waals surface area contributed by atoms with Crippen LogP contribution in [0, 0.1) is 6.92 Å². The molecule has 0 bridgehead atoms. The maximum absolute atomic E-state index is 12.5. The van der Waals surface area contributed by atoms with Gasteiger partial charge in [-0.25, -0.2) is 4.79 Å². The summed E-state index contributed by atoms with van der Waals surface area (Å²) in [5, 5.41) is 0. The number of hydrogen-bond donors (Lipinski definition) is 2. The molecule has 0 aromatic heterocycles. The van der Waals surface area contributed by atoms with E-state index in [2.05, 4.69) is 4.72 Å². The lowest BCUT2D eigenvalue weighted by Gasteiger charge is -2.21. The molecule has 0 aliphatic heterocycles. The second-order valence-electron chi connectivity index (χ2n) is 5.10. The molecule has 0 atom stereocenters. The zero-order chi connectivity index (χ0) is 17.0. The Hall–Kier alpha value is -2.54. The lowest BCUT2D eigenvalue weighted by atomic mass is 10.2. The standard InChI is InChI=1S/C16H19N3O3S/c1-3-13-6-8-14(9-7-13)18-23(21,22)19(16(17)20)15-10-4-12(2)5-11-15/h4-11,18H,3H2,1-2H3,(H2,17,20). The first-order valence-corrected chi connectivity index (χ1v) is 8.55. The molecule has 2 rings (SSSR count). The van der Waals surface area contributed by atoms with Crippen molar-refractivity contribution >= 4 is 27.6 Å². The highest BCUT2D eigenvalue weighted by atomic mass is 32.2. The Bertz CT molecular complexity index is 784. The van der Waals surface area contributed by atoms with Crippen LogP contribution in [-0.2, 0) is 16.6 Å². The Kier molecular flexibility index (Phi) is 4.90.